The van der Waals surface area contributed by atoms with Crippen LogP contribution in [0.2, 0.25) is 0 Å². The molecule has 0 N–H and O–H groups in total. The lowest BCUT2D eigenvalue weighted by Gasteiger charge is -2.17. The van der Waals surface area contributed by atoms with E-state index in [4.69, 9.17) is 13.9 Å². The molecule has 2 aromatic rings. The Balaban J connectivity index is 1.70. The Labute approximate surface area is 153 Å². The lowest BCUT2D eigenvalue weighted by Crippen LogP contribution is -2.25. The Hall–Kier alpha value is -3.02. The molecule has 0 spiro atoms. The minimum Gasteiger partial charge on any atom is -0.497 e. The Morgan fingerprint density at radius 2 is 1.92 bits per heavy atom. The summed E-state index contributed by atoms with van der Waals surface area (Å²) in [7, 11) is 1.64. The minimum absolute atomic E-state index is 0.505. The second-order valence-electron chi connectivity index (χ2n) is 5.78. The summed E-state index contributed by atoms with van der Waals surface area (Å²) in [4.78, 5) is 2.10. The molecule has 0 unspecified atom stereocenters. The van der Waals surface area contributed by atoms with Crippen LogP contribution in [0, 0.1) is 0 Å². The summed E-state index contributed by atoms with van der Waals surface area (Å²) in [6.45, 7) is 3.53. The van der Waals surface area contributed by atoms with Crippen LogP contribution in [0.15, 0.2) is 65.0 Å². The maximum absolute atomic E-state index is 5.89. The van der Waals surface area contributed by atoms with Crippen molar-refractivity contribution in [3.05, 3.63) is 60.6 Å². The van der Waals surface area contributed by atoms with Crippen LogP contribution in [0.3, 0.4) is 0 Å². The summed E-state index contributed by atoms with van der Waals surface area (Å²) in [6.07, 6.45) is 11.4. The van der Waals surface area contributed by atoms with Gasteiger partial charge in [-0.1, -0.05) is 17.3 Å². The first kappa shape index (κ1) is 17.8. The molecular formula is C20H23N3O3. The van der Waals surface area contributed by atoms with Crippen molar-refractivity contribution in [3.8, 4) is 17.2 Å². The quantitative estimate of drug-likeness (QED) is 0.746. The predicted molar refractivity (Wildman–Crippen MR) is 101 cm³/mol. The van der Waals surface area contributed by atoms with Crippen LogP contribution < -0.4 is 9.64 Å². The van der Waals surface area contributed by atoms with Gasteiger partial charge >= 0.3 is 6.01 Å². The van der Waals surface area contributed by atoms with Gasteiger partial charge in [0.25, 0.3) is 0 Å². The van der Waals surface area contributed by atoms with Crippen LogP contribution in [0.1, 0.15) is 19.8 Å². The zero-order valence-electron chi connectivity index (χ0n) is 15.1. The average Bonchev–Trinajstić information content (AvgIpc) is 3.19. The van der Waals surface area contributed by atoms with E-state index in [9.17, 15) is 0 Å². The number of hydrogen-bond donors (Lipinski definition) is 0. The van der Waals surface area contributed by atoms with Crippen molar-refractivity contribution in [1.82, 2.24) is 10.2 Å². The molecule has 6 heteroatoms. The van der Waals surface area contributed by atoms with Gasteiger partial charge < -0.3 is 18.8 Å². The molecule has 3 rings (SSSR count). The van der Waals surface area contributed by atoms with E-state index < -0.39 is 0 Å². The third kappa shape index (κ3) is 4.53. The maximum Gasteiger partial charge on any atom is 0.318 e. The van der Waals surface area contributed by atoms with Gasteiger partial charge in [0.1, 0.15) is 11.5 Å². The topological polar surface area (TPSA) is 60.6 Å². The van der Waals surface area contributed by atoms with Crippen molar-refractivity contribution >= 4 is 6.01 Å². The predicted octanol–water partition coefficient (Wildman–Crippen LogP) is 4.34. The van der Waals surface area contributed by atoms with E-state index in [2.05, 4.69) is 27.2 Å². The smallest absolute Gasteiger partial charge is 0.318 e. The van der Waals surface area contributed by atoms with Gasteiger partial charge in [-0.3, -0.25) is 0 Å². The molecule has 0 aliphatic carbocycles. The number of allylic oxidation sites excluding steroid dienone is 2. The van der Waals surface area contributed by atoms with Gasteiger partial charge in [0, 0.05) is 18.7 Å². The molecule has 26 heavy (non-hydrogen) atoms. The lowest BCUT2D eigenvalue weighted by molar-refractivity contribution is 0.365. The summed E-state index contributed by atoms with van der Waals surface area (Å²) in [6, 6.07) is 8.11. The van der Waals surface area contributed by atoms with E-state index >= 15 is 0 Å². The molecule has 1 aromatic heterocycles. The second-order valence-corrected chi connectivity index (χ2v) is 5.78. The number of nitrogens with zero attached hydrogens (tertiary/aromatic N) is 3. The largest absolute Gasteiger partial charge is 0.497 e. The van der Waals surface area contributed by atoms with Crippen LogP contribution in [0.5, 0.6) is 5.75 Å². The number of anilines is 1. The van der Waals surface area contributed by atoms with Crippen molar-refractivity contribution in [2.45, 2.75) is 19.8 Å². The molecule has 0 amide bonds. The summed E-state index contributed by atoms with van der Waals surface area (Å²) in [5.74, 6) is 2.16. The van der Waals surface area contributed by atoms with Gasteiger partial charge in [0.15, 0.2) is 0 Å². The van der Waals surface area contributed by atoms with E-state index in [1.807, 2.05) is 43.3 Å². The highest BCUT2D eigenvalue weighted by Gasteiger charge is 2.15. The molecule has 2 heterocycles. The van der Waals surface area contributed by atoms with Gasteiger partial charge in [-0.25, -0.2) is 0 Å². The Morgan fingerprint density at radius 3 is 2.69 bits per heavy atom. The molecule has 0 fully saturated rings. The summed E-state index contributed by atoms with van der Waals surface area (Å²) in [5, 5.41) is 8.40. The van der Waals surface area contributed by atoms with Crippen LogP contribution in [-0.4, -0.2) is 30.4 Å². The lowest BCUT2D eigenvalue weighted by atomic mass is 10.2. The number of hydrogen-bond acceptors (Lipinski definition) is 6. The average molecular weight is 353 g/mol. The van der Waals surface area contributed by atoms with Crippen LogP contribution in [0.4, 0.5) is 6.01 Å². The highest BCUT2D eigenvalue weighted by Crippen LogP contribution is 2.24. The van der Waals surface area contributed by atoms with Gasteiger partial charge in [-0.2, -0.15) is 0 Å². The summed E-state index contributed by atoms with van der Waals surface area (Å²) in [5.41, 5.74) is 0.871. The van der Waals surface area contributed by atoms with Crippen LogP contribution >= 0.6 is 0 Å². The van der Waals surface area contributed by atoms with Crippen LogP contribution in [-0.2, 0) is 4.74 Å². The normalized spacial score (nSPS) is 15.3. The first-order valence-electron chi connectivity index (χ1n) is 8.67. The van der Waals surface area contributed by atoms with Gasteiger partial charge in [0.05, 0.1) is 13.4 Å². The fraction of sp³-hybridized carbons (Fsp3) is 0.300. The Morgan fingerprint density at radius 1 is 1.12 bits per heavy atom. The third-order valence-electron chi connectivity index (χ3n) is 3.95. The standard InChI is InChI=1S/C20H23N3O3/c1-3-15-25-18-7-4-5-13-23(14-6-8-18)20-22-21-19(26-20)16-9-11-17(24-2)12-10-16/h3-4,7-12,15H,5-6,13-14H2,1-2H3/b7-4?,15-3+,18-8?. The zero-order valence-corrected chi connectivity index (χ0v) is 15.1. The van der Waals surface area contributed by atoms with Crippen molar-refractivity contribution in [1.29, 1.82) is 0 Å². The number of benzene rings is 1. The van der Waals surface area contributed by atoms with E-state index in [1.165, 1.54) is 0 Å². The number of aromatic nitrogens is 2. The zero-order chi connectivity index (χ0) is 18.2. The molecule has 0 atom stereocenters. The molecule has 0 bridgehead atoms. The van der Waals surface area contributed by atoms with E-state index in [0.717, 1.165) is 43.0 Å². The number of ether oxygens (including phenoxy) is 2. The van der Waals surface area contributed by atoms with E-state index in [0.29, 0.717) is 11.9 Å². The Kier molecular flexibility index (Phi) is 6.09. The molecule has 0 saturated carbocycles. The SMILES string of the molecule is C/C=C/OC1=CCCN(c2nnc(-c3ccc(OC)cc3)o2)CCC=C1. The van der Waals surface area contributed by atoms with Crippen molar-refractivity contribution < 1.29 is 13.9 Å². The third-order valence-corrected chi connectivity index (χ3v) is 3.95. The van der Waals surface area contributed by atoms with Gasteiger partial charge in [0.2, 0.25) is 5.89 Å². The molecule has 0 saturated heterocycles. The molecule has 1 aliphatic rings. The summed E-state index contributed by atoms with van der Waals surface area (Å²) >= 11 is 0. The van der Waals surface area contributed by atoms with Crippen molar-refractivity contribution in [2.75, 3.05) is 25.1 Å². The molecule has 6 nitrogen and oxygen atoms in total. The first-order valence-corrected chi connectivity index (χ1v) is 8.67. The molecule has 1 aliphatic heterocycles. The highest BCUT2D eigenvalue weighted by molar-refractivity contribution is 5.55. The Bertz CT molecular complexity index is 791. The van der Waals surface area contributed by atoms with Gasteiger partial charge in [-0.05, 0) is 56.2 Å². The monoisotopic (exact) mass is 353 g/mol. The molecule has 1 aromatic carbocycles. The van der Waals surface area contributed by atoms with Crippen molar-refractivity contribution in [3.63, 3.8) is 0 Å². The fourth-order valence-corrected chi connectivity index (χ4v) is 2.59. The number of rotatable bonds is 5. The molecular weight excluding hydrogens is 330 g/mol. The second kappa shape index (κ2) is 8.89. The van der Waals surface area contributed by atoms with Gasteiger partial charge in [-0.15, -0.1) is 5.10 Å². The van der Waals surface area contributed by atoms with E-state index in [1.54, 1.807) is 13.4 Å². The van der Waals surface area contributed by atoms with E-state index in [-0.39, 0.29) is 0 Å². The maximum atomic E-state index is 5.89. The first-order chi connectivity index (χ1) is 12.8. The fourth-order valence-electron chi connectivity index (χ4n) is 2.59. The minimum atomic E-state index is 0.505. The molecule has 0 radical (unpaired) electrons. The number of methoxy groups -OCH3 is 1. The molecule has 136 valence electrons. The van der Waals surface area contributed by atoms with Crippen molar-refractivity contribution in [2.24, 2.45) is 0 Å². The highest BCUT2D eigenvalue weighted by atomic mass is 16.5. The summed E-state index contributed by atoms with van der Waals surface area (Å²) < 4.78 is 16.6. The van der Waals surface area contributed by atoms with Crippen LogP contribution in [0.25, 0.3) is 11.5 Å².